The Morgan fingerprint density at radius 3 is 2.25 bits per heavy atom. The zero-order valence-electron chi connectivity index (χ0n) is 37.2. The van der Waals surface area contributed by atoms with E-state index in [1.807, 2.05) is 86.3 Å². The zero-order chi connectivity index (χ0) is 45.1. The number of aromatic nitrogens is 4. The Balaban J connectivity index is 0.716. The van der Waals surface area contributed by atoms with Gasteiger partial charge in [-0.1, -0.05) is 57.2 Å². The fourth-order valence-corrected chi connectivity index (χ4v) is 8.73. The number of benzene rings is 2. The van der Waals surface area contributed by atoms with Crippen LogP contribution in [0.25, 0.3) is 27.3 Å². The number of imidazole rings is 1. The number of aryl methyl sites for hydroxylation is 1. The first-order chi connectivity index (χ1) is 30.9. The molecule has 3 aromatic heterocycles. The van der Waals surface area contributed by atoms with E-state index in [9.17, 15) is 19.5 Å². The van der Waals surface area contributed by atoms with Gasteiger partial charge in [0.15, 0.2) is 0 Å². The molecular formula is C46H61N9O8S. The van der Waals surface area contributed by atoms with Crippen LogP contribution in [0.3, 0.4) is 0 Å². The van der Waals surface area contributed by atoms with Crippen molar-refractivity contribution in [1.82, 2.24) is 39.8 Å². The smallest absolute Gasteiger partial charge is 0.246 e. The lowest BCUT2D eigenvalue weighted by molar-refractivity contribution is -0.144. The lowest BCUT2D eigenvalue weighted by Gasteiger charge is -2.35. The molecule has 0 aliphatic carbocycles. The number of hydrogen-bond acceptors (Lipinski definition) is 14. The van der Waals surface area contributed by atoms with Gasteiger partial charge in [-0.05, 0) is 41.7 Å². The van der Waals surface area contributed by atoms with Crippen LogP contribution in [-0.4, -0.2) is 162 Å². The fraction of sp³-hybridized carbons (Fsp3) is 0.522. The number of carbonyl (C=O) groups excluding carboxylic acids is 3. The van der Waals surface area contributed by atoms with Crippen LogP contribution >= 0.6 is 11.3 Å². The van der Waals surface area contributed by atoms with Gasteiger partial charge >= 0.3 is 0 Å². The molecule has 5 aromatic rings. The largest absolute Gasteiger partial charge is 0.391 e. The zero-order valence-corrected chi connectivity index (χ0v) is 38.1. The number of ether oxygens (including phenoxy) is 4. The van der Waals surface area contributed by atoms with Gasteiger partial charge in [0.2, 0.25) is 23.5 Å². The van der Waals surface area contributed by atoms with Gasteiger partial charge in [0, 0.05) is 58.4 Å². The summed E-state index contributed by atoms with van der Waals surface area (Å²) in [4.78, 5) is 61.2. The normalized spacial score (nSPS) is 17.6. The van der Waals surface area contributed by atoms with Gasteiger partial charge in [0.25, 0.3) is 0 Å². The number of likely N-dealkylation sites (tertiary alicyclic amines) is 1. The summed E-state index contributed by atoms with van der Waals surface area (Å²) in [6.45, 7) is 14.8. The maximum atomic E-state index is 13.9. The first kappa shape index (κ1) is 46.9. The lowest BCUT2D eigenvalue weighted by atomic mass is 9.85. The van der Waals surface area contributed by atoms with Crippen molar-refractivity contribution in [1.29, 1.82) is 0 Å². The minimum atomic E-state index is -0.949. The maximum absolute atomic E-state index is 13.9. The second kappa shape index (κ2) is 22.2. The van der Waals surface area contributed by atoms with Crippen LogP contribution in [0.5, 0.6) is 0 Å². The minimum Gasteiger partial charge on any atom is -0.391 e. The van der Waals surface area contributed by atoms with Crippen LogP contribution in [-0.2, 0) is 39.9 Å². The second-order valence-corrected chi connectivity index (χ2v) is 18.1. The fourth-order valence-electron chi connectivity index (χ4n) is 7.92. The molecule has 2 aliphatic rings. The molecule has 5 heterocycles. The number of piperazine rings is 1. The molecule has 2 aromatic carbocycles. The Kier molecular flexibility index (Phi) is 16.3. The van der Waals surface area contributed by atoms with Crippen molar-refractivity contribution in [3.63, 3.8) is 0 Å². The molecule has 2 saturated heterocycles. The standard InChI is InChI=1S/C46H61N9O8S/c1-32-41(64-31-48-32)34-11-9-33(10-12-34)28-47-43(58)38-27-35(56)29-55(38)44(59)42(46(2,3)4)51-40(57)30-63-26-25-62-24-23-61-22-21-60-20-19-52-15-17-53(18-16-52)39-13-14-54-37-8-6-5-7-36(37)49-45(54)50-39/h5-14,31,35,38,42,56H,15-30H2,1-4H3,(H,47,58)(H,51,57)/t35-,38+,42-/m1/s1. The third kappa shape index (κ3) is 12.4. The summed E-state index contributed by atoms with van der Waals surface area (Å²) in [7, 11) is 0. The molecule has 3 amide bonds. The van der Waals surface area contributed by atoms with Crippen molar-refractivity contribution in [2.45, 2.75) is 58.8 Å². The summed E-state index contributed by atoms with van der Waals surface area (Å²) < 4.78 is 24.6. The topological polar surface area (TPSA) is 185 Å². The quantitative estimate of drug-likeness (QED) is 0.0913. The van der Waals surface area contributed by atoms with E-state index in [2.05, 4.69) is 42.5 Å². The molecule has 18 heteroatoms. The molecule has 3 atom stereocenters. The van der Waals surface area contributed by atoms with E-state index in [0.717, 1.165) is 77.1 Å². The first-order valence-electron chi connectivity index (χ1n) is 22.0. The monoisotopic (exact) mass is 899 g/mol. The summed E-state index contributed by atoms with van der Waals surface area (Å²) in [5.41, 5.74) is 6.06. The number of aliphatic hydroxyl groups excluding tert-OH is 1. The number of amides is 3. The number of thiazole rings is 1. The predicted octanol–water partition coefficient (Wildman–Crippen LogP) is 3.31. The molecule has 0 radical (unpaired) electrons. The molecule has 3 N–H and O–H groups in total. The predicted molar refractivity (Wildman–Crippen MR) is 244 cm³/mol. The summed E-state index contributed by atoms with van der Waals surface area (Å²) >= 11 is 1.58. The highest BCUT2D eigenvalue weighted by Gasteiger charge is 2.44. The number of anilines is 1. The highest BCUT2D eigenvalue weighted by molar-refractivity contribution is 7.13. The summed E-state index contributed by atoms with van der Waals surface area (Å²) in [6, 6.07) is 16.2. The van der Waals surface area contributed by atoms with Crippen molar-refractivity contribution >= 4 is 51.7 Å². The average molecular weight is 900 g/mol. The van der Waals surface area contributed by atoms with Crippen LogP contribution in [0.2, 0.25) is 0 Å². The van der Waals surface area contributed by atoms with Gasteiger partial charge in [0.1, 0.15) is 24.5 Å². The number of nitrogens with zero attached hydrogens (tertiary/aromatic N) is 7. The van der Waals surface area contributed by atoms with E-state index >= 15 is 0 Å². The van der Waals surface area contributed by atoms with Crippen LogP contribution in [0, 0.1) is 12.3 Å². The first-order valence-corrected chi connectivity index (χ1v) is 22.9. The van der Waals surface area contributed by atoms with Gasteiger partial charge in [-0.25, -0.2) is 9.97 Å². The molecule has 0 spiro atoms. The van der Waals surface area contributed by atoms with E-state index in [-0.39, 0.29) is 45.2 Å². The number of carbonyl (C=O) groups is 3. The van der Waals surface area contributed by atoms with E-state index in [0.29, 0.717) is 33.0 Å². The van der Waals surface area contributed by atoms with E-state index < -0.39 is 35.4 Å². The summed E-state index contributed by atoms with van der Waals surface area (Å²) in [6.07, 6.45) is 1.30. The molecule has 0 unspecified atom stereocenters. The van der Waals surface area contributed by atoms with Crippen molar-refractivity contribution < 1.29 is 38.4 Å². The molecule has 64 heavy (non-hydrogen) atoms. The van der Waals surface area contributed by atoms with Gasteiger partial charge in [-0.3, -0.25) is 23.7 Å². The Morgan fingerprint density at radius 1 is 0.875 bits per heavy atom. The van der Waals surface area contributed by atoms with E-state index in [4.69, 9.17) is 23.9 Å². The number of β-amino-alcohol motifs (C(OH)–C–C–N with tert-alkyl or cyclic N) is 1. The Morgan fingerprint density at radius 2 is 1.56 bits per heavy atom. The van der Waals surface area contributed by atoms with E-state index in [1.54, 1.807) is 11.3 Å². The van der Waals surface area contributed by atoms with Gasteiger partial charge in [0.05, 0.1) is 79.5 Å². The summed E-state index contributed by atoms with van der Waals surface area (Å²) in [5, 5.41) is 16.3. The minimum absolute atomic E-state index is 0.00535. The highest BCUT2D eigenvalue weighted by atomic mass is 32.1. The van der Waals surface area contributed by atoms with Crippen molar-refractivity contribution in [2.24, 2.45) is 5.41 Å². The molecule has 0 saturated carbocycles. The molecule has 344 valence electrons. The molecule has 7 rings (SSSR count). The Labute approximate surface area is 378 Å². The van der Waals surface area contributed by atoms with Crippen molar-refractivity contribution in [2.75, 3.05) is 97.0 Å². The maximum Gasteiger partial charge on any atom is 0.246 e. The number of aliphatic hydroxyl groups is 1. The molecule has 2 fully saturated rings. The van der Waals surface area contributed by atoms with E-state index in [1.165, 1.54) is 4.90 Å². The third-order valence-corrected chi connectivity index (χ3v) is 12.5. The number of hydrogen-bond donors (Lipinski definition) is 3. The van der Waals surface area contributed by atoms with Crippen LogP contribution < -0.4 is 15.5 Å². The highest BCUT2D eigenvalue weighted by Crippen LogP contribution is 2.28. The van der Waals surface area contributed by atoms with Crippen molar-refractivity contribution in [3.05, 3.63) is 77.6 Å². The molecule has 2 aliphatic heterocycles. The number of para-hydroxylation sites is 2. The molecular weight excluding hydrogens is 839 g/mol. The number of fused-ring (bicyclic) bond motifs is 3. The third-order valence-electron chi connectivity index (χ3n) is 11.5. The Hall–Kier alpha value is -5.08. The molecule has 17 nitrogen and oxygen atoms in total. The number of nitrogens with one attached hydrogen (secondary N) is 2. The van der Waals surface area contributed by atoms with Crippen molar-refractivity contribution in [3.8, 4) is 10.4 Å². The lowest BCUT2D eigenvalue weighted by Crippen LogP contribution is -2.58. The van der Waals surface area contributed by atoms with Gasteiger partial charge in [-0.2, -0.15) is 4.98 Å². The van der Waals surface area contributed by atoms with Gasteiger partial charge in [-0.15, -0.1) is 11.3 Å². The average Bonchev–Trinajstić information content (AvgIpc) is 4.02. The SMILES string of the molecule is Cc1ncsc1-c1ccc(CNC(=O)[C@@H]2C[C@@H](O)CN2C(=O)[C@@H](NC(=O)COCCOCCOCCOCCN2CCN(c3ccn4c(n3)nc3ccccc34)CC2)C(C)(C)C)cc1. The van der Waals surface area contributed by atoms with Crippen LogP contribution in [0.1, 0.15) is 38.4 Å². The van der Waals surface area contributed by atoms with Gasteiger partial charge < -0.3 is 44.5 Å². The second-order valence-electron chi connectivity index (χ2n) is 17.2. The number of rotatable bonds is 21. The van der Waals surface area contributed by atoms with Crippen LogP contribution in [0.4, 0.5) is 5.82 Å². The van der Waals surface area contributed by atoms with Crippen LogP contribution in [0.15, 0.2) is 66.3 Å². The molecule has 0 bridgehead atoms. The summed E-state index contributed by atoms with van der Waals surface area (Å²) in [5.74, 6) is 0.407. The Bertz CT molecular complexity index is 2310.